The first-order valence-electron chi connectivity index (χ1n) is 6.64. The summed E-state index contributed by atoms with van der Waals surface area (Å²) in [6, 6.07) is 5.99. The average molecular weight is 297 g/mol. The maximum Gasteiger partial charge on any atom is 0.251 e. The van der Waals surface area contributed by atoms with Crippen molar-refractivity contribution in [3.8, 4) is 0 Å². The molecule has 1 aromatic rings. The van der Waals surface area contributed by atoms with Gasteiger partial charge in [-0.2, -0.15) is 0 Å². The summed E-state index contributed by atoms with van der Waals surface area (Å²) in [5.41, 5.74) is 0.458. The lowest BCUT2D eigenvalue weighted by Gasteiger charge is -2.18. The number of nitrogens with one attached hydrogen (secondary N) is 1. The molecular weight excluding hydrogens is 278 g/mol. The Morgan fingerprint density at radius 2 is 2.00 bits per heavy atom. The Hall–Kier alpha value is -1.40. The summed E-state index contributed by atoms with van der Waals surface area (Å²) in [7, 11) is -3.23. The summed E-state index contributed by atoms with van der Waals surface area (Å²) in [6.07, 6.45) is 2.88. The van der Waals surface area contributed by atoms with Crippen LogP contribution in [0.4, 0.5) is 0 Å². The smallest absolute Gasteiger partial charge is 0.251 e. The first kappa shape index (κ1) is 15.0. The Bertz CT molecular complexity index is 580. The Balaban J connectivity index is 2.06. The van der Waals surface area contributed by atoms with Crippen LogP contribution in [0.5, 0.6) is 0 Å². The molecule has 6 heteroatoms. The lowest BCUT2D eigenvalue weighted by atomic mass is 10.1. The van der Waals surface area contributed by atoms with Crippen LogP contribution in [0, 0.1) is 0 Å². The van der Waals surface area contributed by atoms with E-state index in [1.54, 1.807) is 0 Å². The van der Waals surface area contributed by atoms with Crippen LogP contribution >= 0.6 is 0 Å². The molecule has 0 bridgehead atoms. The number of ether oxygens (including phenoxy) is 1. The van der Waals surface area contributed by atoms with E-state index >= 15 is 0 Å². The van der Waals surface area contributed by atoms with E-state index in [0.717, 1.165) is 19.1 Å². The minimum Gasteiger partial charge on any atom is -0.376 e. The van der Waals surface area contributed by atoms with Crippen molar-refractivity contribution < 1.29 is 17.9 Å². The first-order chi connectivity index (χ1) is 9.41. The highest BCUT2D eigenvalue weighted by Gasteiger charge is 2.28. The molecule has 1 saturated heterocycles. The van der Waals surface area contributed by atoms with Gasteiger partial charge >= 0.3 is 0 Å². The number of carbonyl (C=O) groups excluding carboxylic acids is 1. The third kappa shape index (κ3) is 3.37. The van der Waals surface area contributed by atoms with Gasteiger partial charge in [-0.15, -0.1) is 0 Å². The molecule has 0 aliphatic carbocycles. The van der Waals surface area contributed by atoms with E-state index in [4.69, 9.17) is 4.74 Å². The van der Waals surface area contributed by atoms with E-state index in [2.05, 4.69) is 5.32 Å². The molecule has 1 aromatic carbocycles. The minimum atomic E-state index is -3.23. The van der Waals surface area contributed by atoms with Crippen LogP contribution in [0.25, 0.3) is 0 Å². The number of amides is 1. The van der Waals surface area contributed by atoms with Gasteiger partial charge in [-0.25, -0.2) is 8.42 Å². The van der Waals surface area contributed by atoms with Crippen LogP contribution in [0.2, 0.25) is 0 Å². The van der Waals surface area contributed by atoms with Gasteiger partial charge in [0.2, 0.25) is 0 Å². The van der Waals surface area contributed by atoms with Crippen molar-refractivity contribution in [2.75, 3.05) is 12.9 Å². The highest BCUT2D eigenvalue weighted by Crippen LogP contribution is 2.17. The van der Waals surface area contributed by atoms with Crippen molar-refractivity contribution in [3.05, 3.63) is 29.8 Å². The second-order valence-electron chi connectivity index (χ2n) is 4.98. The molecule has 1 fully saturated rings. The molecule has 0 saturated carbocycles. The summed E-state index contributed by atoms with van der Waals surface area (Å²) < 4.78 is 28.2. The van der Waals surface area contributed by atoms with Gasteiger partial charge in [0.05, 0.1) is 17.0 Å². The zero-order valence-corrected chi connectivity index (χ0v) is 12.4. The summed E-state index contributed by atoms with van der Waals surface area (Å²) in [5.74, 6) is -0.195. The second-order valence-corrected chi connectivity index (χ2v) is 7.00. The van der Waals surface area contributed by atoms with Gasteiger partial charge in [-0.05, 0) is 37.1 Å². The number of rotatable bonds is 4. The topological polar surface area (TPSA) is 72.5 Å². The Labute approximate surface area is 119 Å². The first-order valence-corrected chi connectivity index (χ1v) is 8.53. The Kier molecular flexibility index (Phi) is 4.45. The molecule has 110 valence electrons. The summed E-state index contributed by atoms with van der Waals surface area (Å²) in [5, 5.41) is 2.94. The molecule has 2 atom stereocenters. The van der Waals surface area contributed by atoms with Gasteiger partial charge in [0.15, 0.2) is 9.84 Å². The highest BCUT2D eigenvalue weighted by atomic mass is 32.2. The summed E-state index contributed by atoms with van der Waals surface area (Å²) >= 11 is 0. The zero-order valence-electron chi connectivity index (χ0n) is 11.6. The summed E-state index contributed by atoms with van der Waals surface area (Å²) in [4.78, 5) is 12.3. The Morgan fingerprint density at radius 1 is 1.35 bits per heavy atom. The van der Waals surface area contributed by atoms with Crippen molar-refractivity contribution in [3.63, 3.8) is 0 Å². The van der Waals surface area contributed by atoms with Crippen molar-refractivity contribution in [1.82, 2.24) is 5.32 Å². The van der Waals surface area contributed by atoms with E-state index in [-0.39, 0.29) is 22.9 Å². The van der Waals surface area contributed by atoms with Crippen molar-refractivity contribution in [1.29, 1.82) is 0 Å². The van der Waals surface area contributed by atoms with E-state index < -0.39 is 9.84 Å². The lowest BCUT2D eigenvalue weighted by molar-refractivity contribution is 0.0809. The monoisotopic (exact) mass is 297 g/mol. The fourth-order valence-electron chi connectivity index (χ4n) is 2.32. The molecule has 1 heterocycles. The largest absolute Gasteiger partial charge is 0.376 e. The van der Waals surface area contributed by atoms with E-state index in [1.807, 2.05) is 6.92 Å². The predicted molar refractivity (Wildman–Crippen MR) is 75.5 cm³/mol. The lowest BCUT2D eigenvalue weighted by Crippen LogP contribution is -2.40. The van der Waals surface area contributed by atoms with Crippen LogP contribution in [0.15, 0.2) is 29.2 Å². The number of hydrogen-bond donors (Lipinski definition) is 1. The number of benzene rings is 1. The molecule has 0 radical (unpaired) electrons. The minimum absolute atomic E-state index is 0.0297. The number of hydrogen-bond acceptors (Lipinski definition) is 4. The van der Waals surface area contributed by atoms with Crippen LogP contribution in [-0.2, 0) is 14.6 Å². The fourth-order valence-corrected chi connectivity index (χ4v) is 2.95. The molecule has 1 aliphatic heterocycles. The maximum atomic E-state index is 12.1. The van der Waals surface area contributed by atoms with Crippen LogP contribution in [0.3, 0.4) is 0 Å². The standard InChI is InChI=1S/C14H19NO4S/c1-3-13-12(8-9-19-13)15-14(16)10-4-6-11(7-5-10)20(2,17)18/h4-7,12-13H,3,8-9H2,1-2H3,(H,15,16)/t12-,13+/m1/s1. The molecule has 20 heavy (non-hydrogen) atoms. The molecule has 5 nitrogen and oxygen atoms in total. The number of carbonyl (C=O) groups is 1. The normalized spacial score (nSPS) is 22.7. The fraction of sp³-hybridized carbons (Fsp3) is 0.500. The van der Waals surface area contributed by atoms with Crippen molar-refractivity contribution >= 4 is 15.7 Å². The van der Waals surface area contributed by atoms with Crippen LogP contribution in [0.1, 0.15) is 30.1 Å². The van der Waals surface area contributed by atoms with Crippen molar-refractivity contribution in [2.24, 2.45) is 0 Å². The van der Waals surface area contributed by atoms with E-state index in [1.165, 1.54) is 24.3 Å². The van der Waals surface area contributed by atoms with Crippen LogP contribution in [-0.4, -0.2) is 39.3 Å². The molecule has 2 rings (SSSR count). The molecule has 1 amide bonds. The third-order valence-electron chi connectivity index (χ3n) is 3.47. The highest BCUT2D eigenvalue weighted by molar-refractivity contribution is 7.90. The molecule has 1 N–H and O–H groups in total. The molecule has 0 aromatic heterocycles. The molecule has 1 aliphatic rings. The maximum absolute atomic E-state index is 12.1. The van der Waals surface area contributed by atoms with Gasteiger partial charge in [0.1, 0.15) is 0 Å². The molecular formula is C14H19NO4S. The average Bonchev–Trinajstić information content (AvgIpc) is 2.85. The SMILES string of the molecule is CC[C@@H]1OCC[C@H]1NC(=O)c1ccc(S(C)(=O)=O)cc1. The second kappa shape index (κ2) is 5.93. The van der Waals surface area contributed by atoms with Gasteiger partial charge in [0.25, 0.3) is 5.91 Å². The van der Waals surface area contributed by atoms with E-state index in [9.17, 15) is 13.2 Å². The van der Waals surface area contributed by atoms with Crippen molar-refractivity contribution in [2.45, 2.75) is 36.8 Å². The zero-order chi connectivity index (χ0) is 14.8. The van der Waals surface area contributed by atoms with Crippen LogP contribution < -0.4 is 5.32 Å². The van der Waals surface area contributed by atoms with E-state index in [0.29, 0.717) is 12.2 Å². The quantitative estimate of drug-likeness (QED) is 0.911. The molecule has 0 spiro atoms. The third-order valence-corrected chi connectivity index (χ3v) is 4.60. The predicted octanol–water partition coefficient (Wildman–Crippen LogP) is 1.39. The van der Waals surface area contributed by atoms with Gasteiger partial charge in [-0.1, -0.05) is 6.92 Å². The number of sulfone groups is 1. The summed E-state index contributed by atoms with van der Waals surface area (Å²) in [6.45, 7) is 2.69. The molecule has 0 unspecified atom stereocenters. The van der Waals surface area contributed by atoms with Gasteiger partial charge in [0, 0.05) is 18.4 Å². The van der Waals surface area contributed by atoms with Gasteiger partial charge in [-0.3, -0.25) is 4.79 Å². The van der Waals surface area contributed by atoms with Gasteiger partial charge < -0.3 is 10.1 Å². The Morgan fingerprint density at radius 3 is 2.55 bits per heavy atom.